The molecule has 26 heavy (non-hydrogen) atoms. The van der Waals surface area contributed by atoms with Gasteiger partial charge in [-0.1, -0.05) is 24.3 Å². The predicted molar refractivity (Wildman–Crippen MR) is 101 cm³/mol. The summed E-state index contributed by atoms with van der Waals surface area (Å²) in [4.78, 5) is 12.6. The summed E-state index contributed by atoms with van der Waals surface area (Å²) in [6, 6.07) is 8.64. The van der Waals surface area contributed by atoms with Crippen molar-refractivity contribution in [1.29, 1.82) is 0 Å². The molecule has 0 radical (unpaired) electrons. The summed E-state index contributed by atoms with van der Waals surface area (Å²) in [6.45, 7) is 9.60. The normalized spacial score (nSPS) is 28.4. The first kappa shape index (κ1) is 17.9. The zero-order chi connectivity index (χ0) is 18.7. The summed E-state index contributed by atoms with van der Waals surface area (Å²) in [5.41, 5.74) is 2.08. The Hall–Kier alpha value is -1.53. The first-order valence-electron chi connectivity index (χ1n) is 9.57. The average Bonchev–Trinajstić information content (AvgIpc) is 3.21. The molecule has 2 heterocycles. The van der Waals surface area contributed by atoms with E-state index in [2.05, 4.69) is 52.0 Å². The molecule has 2 aliphatic heterocycles. The summed E-state index contributed by atoms with van der Waals surface area (Å²) in [6.07, 6.45) is 2.34. The van der Waals surface area contributed by atoms with Gasteiger partial charge in [-0.3, -0.25) is 0 Å². The largest absolute Gasteiger partial charge is 0.494 e. The number of likely N-dealkylation sites (tertiary alicyclic amines) is 1. The molecule has 1 N–H and O–H groups in total. The van der Waals surface area contributed by atoms with Crippen LogP contribution in [-0.2, 0) is 9.31 Å². The van der Waals surface area contributed by atoms with Gasteiger partial charge >= 0.3 is 13.2 Å². The highest BCUT2D eigenvalue weighted by atomic mass is 16.7. The Balaban J connectivity index is 1.42. The van der Waals surface area contributed by atoms with E-state index >= 15 is 0 Å². The third-order valence-electron chi connectivity index (χ3n) is 7.08. The molecule has 2 saturated heterocycles. The van der Waals surface area contributed by atoms with E-state index in [0.29, 0.717) is 24.4 Å². The summed E-state index contributed by atoms with van der Waals surface area (Å²) in [5, 5.41) is 9.12. The summed E-state index contributed by atoms with van der Waals surface area (Å²) >= 11 is 0. The Morgan fingerprint density at radius 3 is 2.12 bits per heavy atom. The standard InChI is InChI=1S/C20H28BNO4/c1-18(2)19(3,4)26-21(25-18)15-7-5-14(6-8-15)16-13-20(16)9-11-22(12-10-20)17(23)24/h5-8,16H,9-13H2,1-4H3,(H,23,24)/t16-/m1/s1. The molecule has 1 amide bonds. The van der Waals surface area contributed by atoms with Crippen LogP contribution in [0.3, 0.4) is 0 Å². The zero-order valence-electron chi connectivity index (χ0n) is 16.1. The number of hydrogen-bond donors (Lipinski definition) is 1. The van der Waals surface area contributed by atoms with Crippen molar-refractivity contribution in [3.8, 4) is 0 Å². The van der Waals surface area contributed by atoms with Crippen LogP contribution in [0.1, 0.15) is 58.4 Å². The first-order valence-corrected chi connectivity index (χ1v) is 9.57. The molecule has 0 bridgehead atoms. The van der Waals surface area contributed by atoms with Crippen LogP contribution in [0.2, 0.25) is 0 Å². The summed E-state index contributed by atoms with van der Waals surface area (Å²) in [7, 11) is -0.319. The van der Waals surface area contributed by atoms with Crippen molar-refractivity contribution in [2.75, 3.05) is 13.1 Å². The lowest BCUT2D eigenvalue weighted by Gasteiger charge is -2.32. The fraction of sp³-hybridized carbons (Fsp3) is 0.650. The number of piperidine rings is 1. The van der Waals surface area contributed by atoms with E-state index in [0.717, 1.165) is 18.3 Å². The highest BCUT2D eigenvalue weighted by molar-refractivity contribution is 6.62. The molecular formula is C20H28BNO4. The Labute approximate surface area is 155 Å². The fourth-order valence-corrected chi connectivity index (χ4v) is 4.38. The van der Waals surface area contributed by atoms with Crippen molar-refractivity contribution >= 4 is 18.7 Å². The Morgan fingerprint density at radius 1 is 1.08 bits per heavy atom. The van der Waals surface area contributed by atoms with Gasteiger partial charge in [0, 0.05) is 13.1 Å². The summed E-state index contributed by atoms with van der Waals surface area (Å²) in [5.74, 6) is 0.561. The van der Waals surface area contributed by atoms with Crippen LogP contribution in [0.25, 0.3) is 0 Å². The molecule has 6 heteroatoms. The van der Waals surface area contributed by atoms with Crippen LogP contribution in [-0.4, -0.2) is 47.5 Å². The van der Waals surface area contributed by atoms with E-state index in [4.69, 9.17) is 14.4 Å². The minimum atomic E-state index is -0.788. The minimum Gasteiger partial charge on any atom is -0.465 e. The first-order chi connectivity index (χ1) is 12.1. The van der Waals surface area contributed by atoms with Crippen molar-refractivity contribution in [2.24, 2.45) is 5.41 Å². The van der Waals surface area contributed by atoms with Crippen molar-refractivity contribution in [2.45, 2.75) is 64.1 Å². The van der Waals surface area contributed by atoms with Gasteiger partial charge in [0.25, 0.3) is 0 Å². The molecule has 1 aliphatic carbocycles. The van der Waals surface area contributed by atoms with Gasteiger partial charge in [0.1, 0.15) is 0 Å². The van der Waals surface area contributed by atoms with Crippen LogP contribution >= 0.6 is 0 Å². The Kier molecular flexibility index (Phi) is 3.94. The van der Waals surface area contributed by atoms with Crippen molar-refractivity contribution in [3.63, 3.8) is 0 Å². The molecular weight excluding hydrogens is 329 g/mol. The lowest BCUT2D eigenvalue weighted by atomic mass is 9.78. The smallest absolute Gasteiger partial charge is 0.465 e. The van der Waals surface area contributed by atoms with E-state index in [1.807, 2.05) is 0 Å². The zero-order valence-corrected chi connectivity index (χ0v) is 16.1. The number of amides is 1. The van der Waals surface area contributed by atoms with Gasteiger partial charge in [0.15, 0.2) is 0 Å². The highest BCUT2D eigenvalue weighted by Gasteiger charge is 2.56. The molecule has 4 rings (SSSR count). The quantitative estimate of drug-likeness (QED) is 0.826. The van der Waals surface area contributed by atoms with E-state index in [1.54, 1.807) is 4.90 Å². The number of benzene rings is 1. The third-order valence-corrected chi connectivity index (χ3v) is 7.08. The van der Waals surface area contributed by atoms with Crippen LogP contribution in [0.15, 0.2) is 24.3 Å². The topological polar surface area (TPSA) is 59.0 Å². The monoisotopic (exact) mass is 357 g/mol. The van der Waals surface area contributed by atoms with Gasteiger partial charge in [-0.2, -0.15) is 0 Å². The molecule has 0 aromatic heterocycles. The summed E-state index contributed by atoms with van der Waals surface area (Å²) < 4.78 is 12.3. The van der Waals surface area contributed by atoms with E-state index < -0.39 is 6.09 Å². The lowest BCUT2D eigenvalue weighted by molar-refractivity contribution is 0.00578. The number of carboxylic acid groups (broad SMARTS) is 1. The van der Waals surface area contributed by atoms with Crippen LogP contribution in [0.5, 0.6) is 0 Å². The van der Waals surface area contributed by atoms with Crippen molar-refractivity contribution < 1.29 is 19.2 Å². The Morgan fingerprint density at radius 2 is 1.62 bits per heavy atom. The van der Waals surface area contributed by atoms with E-state index in [1.165, 1.54) is 12.0 Å². The maximum Gasteiger partial charge on any atom is 0.494 e. The molecule has 0 unspecified atom stereocenters. The van der Waals surface area contributed by atoms with Gasteiger partial charge in [0.05, 0.1) is 11.2 Å². The number of rotatable bonds is 2. The molecule has 5 nitrogen and oxygen atoms in total. The fourth-order valence-electron chi connectivity index (χ4n) is 4.38. The SMILES string of the molecule is CC1(C)OB(c2ccc([C@H]3CC34CCN(C(=O)O)CC4)cc2)OC1(C)C. The van der Waals surface area contributed by atoms with Gasteiger partial charge in [0.2, 0.25) is 0 Å². The van der Waals surface area contributed by atoms with E-state index in [9.17, 15) is 4.79 Å². The number of nitrogens with zero attached hydrogens (tertiary/aromatic N) is 1. The molecule has 1 spiro atoms. The molecule has 140 valence electrons. The minimum absolute atomic E-state index is 0.317. The predicted octanol–water partition coefficient (Wildman–Crippen LogP) is 3.23. The van der Waals surface area contributed by atoms with Gasteiger partial charge < -0.3 is 19.3 Å². The number of hydrogen-bond acceptors (Lipinski definition) is 3. The second-order valence-corrected chi connectivity index (χ2v) is 9.14. The van der Waals surface area contributed by atoms with Gasteiger partial charge in [-0.05, 0) is 69.3 Å². The van der Waals surface area contributed by atoms with Crippen LogP contribution in [0, 0.1) is 5.41 Å². The lowest BCUT2D eigenvalue weighted by Crippen LogP contribution is -2.41. The molecule has 1 saturated carbocycles. The van der Waals surface area contributed by atoms with Crippen molar-refractivity contribution in [1.82, 2.24) is 4.90 Å². The Bertz CT molecular complexity index is 691. The average molecular weight is 357 g/mol. The second-order valence-electron chi connectivity index (χ2n) is 9.14. The molecule has 1 atom stereocenters. The maximum atomic E-state index is 11.1. The van der Waals surface area contributed by atoms with Gasteiger partial charge in [-0.15, -0.1) is 0 Å². The van der Waals surface area contributed by atoms with Gasteiger partial charge in [-0.25, -0.2) is 4.79 Å². The highest BCUT2D eigenvalue weighted by Crippen LogP contribution is 2.64. The van der Waals surface area contributed by atoms with Crippen LogP contribution in [0.4, 0.5) is 4.79 Å². The van der Waals surface area contributed by atoms with Crippen LogP contribution < -0.4 is 5.46 Å². The number of carbonyl (C=O) groups is 1. The molecule has 1 aromatic carbocycles. The third kappa shape index (κ3) is 2.83. The van der Waals surface area contributed by atoms with Crippen molar-refractivity contribution in [3.05, 3.63) is 29.8 Å². The maximum absolute atomic E-state index is 11.1. The second kappa shape index (κ2) is 5.73. The molecule has 1 aromatic rings. The van der Waals surface area contributed by atoms with E-state index in [-0.39, 0.29) is 18.3 Å². The molecule has 3 aliphatic rings. The molecule has 3 fully saturated rings.